The van der Waals surface area contributed by atoms with Crippen molar-refractivity contribution in [1.82, 2.24) is 4.72 Å². The standard InChI is InChI=1S/C16H15FN2O3S/c17-12-6-8-14(9-7-12)23(21,22)18-15-10-11-19(16(15)20)13-4-2-1-3-5-13/h1-9,15,18H,10-11H2. The van der Waals surface area contributed by atoms with Crippen LogP contribution in [0.4, 0.5) is 10.1 Å². The van der Waals surface area contributed by atoms with Crippen molar-refractivity contribution in [1.29, 1.82) is 0 Å². The van der Waals surface area contributed by atoms with Crippen molar-refractivity contribution in [3.63, 3.8) is 0 Å². The molecule has 1 fully saturated rings. The third-order valence-corrected chi connectivity index (χ3v) is 5.18. The largest absolute Gasteiger partial charge is 0.311 e. The van der Waals surface area contributed by atoms with Crippen LogP contribution in [0.3, 0.4) is 0 Å². The van der Waals surface area contributed by atoms with Crippen LogP contribution in [-0.4, -0.2) is 26.9 Å². The molecule has 1 aliphatic heterocycles. The number of benzene rings is 2. The van der Waals surface area contributed by atoms with Gasteiger partial charge in [0.25, 0.3) is 0 Å². The third-order valence-electron chi connectivity index (χ3n) is 3.69. The van der Waals surface area contributed by atoms with Gasteiger partial charge in [-0.25, -0.2) is 12.8 Å². The van der Waals surface area contributed by atoms with Gasteiger partial charge in [0.2, 0.25) is 15.9 Å². The molecular formula is C16H15FN2O3S. The van der Waals surface area contributed by atoms with Gasteiger partial charge in [0.15, 0.2) is 0 Å². The number of rotatable bonds is 4. The van der Waals surface area contributed by atoms with Gasteiger partial charge in [-0.05, 0) is 42.8 Å². The van der Waals surface area contributed by atoms with Crippen LogP contribution in [0, 0.1) is 5.82 Å². The van der Waals surface area contributed by atoms with E-state index in [4.69, 9.17) is 0 Å². The molecule has 23 heavy (non-hydrogen) atoms. The summed E-state index contributed by atoms with van der Waals surface area (Å²) in [4.78, 5) is 13.9. The summed E-state index contributed by atoms with van der Waals surface area (Å²) in [6, 6.07) is 12.8. The number of amides is 1. The zero-order valence-corrected chi connectivity index (χ0v) is 13.0. The number of carbonyl (C=O) groups excluding carboxylic acids is 1. The summed E-state index contributed by atoms with van der Waals surface area (Å²) in [5, 5.41) is 0. The van der Waals surface area contributed by atoms with Gasteiger partial charge in [-0.2, -0.15) is 4.72 Å². The molecule has 0 spiro atoms. The highest BCUT2D eigenvalue weighted by molar-refractivity contribution is 7.89. The molecule has 7 heteroatoms. The fraction of sp³-hybridized carbons (Fsp3) is 0.188. The van der Waals surface area contributed by atoms with E-state index in [-0.39, 0.29) is 10.8 Å². The lowest BCUT2D eigenvalue weighted by Crippen LogP contribution is -2.41. The molecule has 1 saturated heterocycles. The first-order valence-electron chi connectivity index (χ1n) is 7.12. The number of para-hydroxylation sites is 1. The highest BCUT2D eigenvalue weighted by Gasteiger charge is 2.35. The Morgan fingerprint density at radius 3 is 2.35 bits per heavy atom. The SMILES string of the molecule is O=C1C(NS(=O)(=O)c2ccc(F)cc2)CCN1c1ccccc1. The van der Waals surface area contributed by atoms with Crippen LogP contribution in [-0.2, 0) is 14.8 Å². The van der Waals surface area contributed by atoms with Gasteiger partial charge in [0, 0.05) is 12.2 Å². The van der Waals surface area contributed by atoms with E-state index in [9.17, 15) is 17.6 Å². The van der Waals surface area contributed by atoms with Crippen molar-refractivity contribution in [2.24, 2.45) is 0 Å². The molecule has 0 radical (unpaired) electrons. The third kappa shape index (κ3) is 3.25. The molecule has 1 amide bonds. The summed E-state index contributed by atoms with van der Waals surface area (Å²) in [5.41, 5.74) is 0.737. The Morgan fingerprint density at radius 1 is 1.04 bits per heavy atom. The lowest BCUT2D eigenvalue weighted by molar-refractivity contribution is -0.118. The van der Waals surface area contributed by atoms with Crippen LogP contribution < -0.4 is 9.62 Å². The van der Waals surface area contributed by atoms with Gasteiger partial charge >= 0.3 is 0 Å². The summed E-state index contributed by atoms with van der Waals surface area (Å²) in [6.07, 6.45) is 0.383. The van der Waals surface area contributed by atoms with Gasteiger partial charge in [-0.15, -0.1) is 0 Å². The molecule has 2 aromatic carbocycles. The molecule has 2 aromatic rings. The molecule has 1 aliphatic rings. The Hall–Kier alpha value is -2.25. The number of nitrogens with one attached hydrogen (secondary N) is 1. The average molecular weight is 334 g/mol. The van der Waals surface area contributed by atoms with Crippen LogP contribution in [0.25, 0.3) is 0 Å². The average Bonchev–Trinajstić information content (AvgIpc) is 2.89. The molecule has 0 bridgehead atoms. The Bertz CT molecular complexity index is 807. The number of nitrogens with zero attached hydrogens (tertiary/aromatic N) is 1. The molecule has 0 aromatic heterocycles. The maximum Gasteiger partial charge on any atom is 0.245 e. The van der Waals surface area contributed by atoms with E-state index in [1.807, 2.05) is 18.2 Å². The summed E-state index contributed by atoms with van der Waals surface area (Å²) in [6.45, 7) is 0.444. The number of carbonyl (C=O) groups is 1. The predicted molar refractivity (Wildman–Crippen MR) is 83.9 cm³/mol. The zero-order valence-electron chi connectivity index (χ0n) is 12.1. The first-order valence-corrected chi connectivity index (χ1v) is 8.60. The summed E-state index contributed by atoms with van der Waals surface area (Å²) in [5.74, 6) is -0.807. The molecule has 1 heterocycles. The van der Waals surface area contributed by atoms with Crippen molar-refractivity contribution < 1.29 is 17.6 Å². The topological polar surface area (TPSA) is 66.5 Å². The van der Waals surface area contributed by atoms with Gasteiger partial charge in [-0.1, -0.05) is 18.2 Å². The lowest BCUT2D eigenvalue weighted by Gasteiger charge is -2.17. The Labute approximate surface area is 133 Å². The smallest absolute Gasteiger partial charge is 0.245 e. The normalized spacial score (nSPS) is 18.4. The minimum atomic E-state index is -3.86. The van der Waals surface area contributed by atoms with Crippen molar-refractivity contribution in [3.05, 3.63) is 60.4 Å². The number of halogens is 1. The zero-order chi connectivity index (χ0) is 16.4. The van der Waals surface area contributed by atoms with E-state index >= 15 is 0 Å². The Morgan fingerprint density at radius 2 is 1.70 bits per heavy atom. The maximum absolute atomic E-state index is 12.9. The van der Waals surface area contributed by atoms with Crippen molar-refractivity contribution >= 4 is 21.6 Å². The van der Waals surface area contributed by atoms with E-state index in [0.717, 1.165) is 17.8 Å². The second-order valence-corrected chi connectivity index (χ2v) is 6.96. The number of anilines is 1. The van der Waals surface area contributed by atoms with E-state index in [1.54, 1.807) is 17.0 Å². The van der Waals surface area contributed by atoms with Crippen LogP contribution in [0.5, 0.6) is 0 Å². The first kappa shape index (κ1) is 15.6. The van der Waals surface area contributed by atoms with Gasteiger partial charge in [0.05, 0.1) is 4.90 Å². The van der Waals surface area contributed by atoms with E-state index in [2.05, 4.69) is 4.72 Å². The molecular weight excluding hydrogens is 319 g/mol. The van der Waals surface area contributed by atoms with E-state index in [0.29, 0.717) is 13.0 Å². The minimum Gasteiger partial charge on any atom is -0.311 e. The maximum atomic E-state index is 12.9. The van der Waals surface area contributed by atoms with Crippen LogP contribution in [0.1, 0.15) is 6.42 Å². The predicted octanol–water partition coefficient (Wildman–Crippen LogP) is 1.91. The van der Waals surface area contributed by atoms with Gasteiger partial charge in [-0.3, -0.25) is 4.79 Å². The summed E-state index contributed by atoms with van der Waals surface area (Å²) in [7, 11) is -3.86. The molecule has 120 valence electrons. The molecule has 0 saturated carbocycles. The molecule has 3 rings (SSSR count). The molecule has 5 nitrogen and oxygen atoms in total. The molecule has 0 aliphatic carbocycles. The van der Waals surface area contributed by atoms with Crippen molar-refractivity contribution in [2.75, 3.05) is 11.4 Å². The van der Waals surface area contributed by atoms with E-state index in [1.165, 1.54) is 12.1 Å². The number of hydrogen-bond acceptors (Lipinski definition) is 3. The second kappa shape index (κ2) is 6.10. The summed E-state index contributed by atoms with van der Waals surface area (Å²) < 4.78 is 39.9. The second-order valence-electron chi connectivity index (χ2n) is 5.24. The quantitative estimate of drug-likeness (QED) is 0.929. The monoisotopic (exact) mass is 334 g/mol. The first-order chi connectivity index (χ1) is 11.0. The number of hydrogen-bond donors (Lipinski definition) is 1. The fourth-order valence-electron chi connectivity index (χ4n) is 2.52. The highest BCUT2D eigenvalue weighted by Crippen LogP contribution is 2.22. The fourth-order valence-corrected chi connectivity index (χ4v) is 3.75. The van der Waals surface area contributed by atoms with Crippen LogP contribution in [0.15, 0.2) is 59.5 Å². The highest BCUT2D eigenvalue weighted by atomic mass is 32.2. The van der Waals surface area contributed by atoms with Crippen LogP contribution >= 0.6 is 0 Å². The van der Waals surface area contributed by atoms with Gasteiger partial charge < -0.3 is 4.90 Å². The Balaban J connectivity index is 1.76. The lowest BCUT2D eigenvalue weighted by atomic mass is 10.3. The van der Waals surface area contributed by atoms with Gasteiger partial charge in [0.1, 0.15) is 11.9 Å². The van der Waals surface area contributed by atoms with Crippen molar-refractivity contribution in [3.8, 4) is 0 Å². The Kier molecular flexibility index (Phi) is 4.14. The number of sulfonamides is 1. The van der Waals surface area contributed by atoms with Crippen molar-refractivity contribution in [2.45, 2.75) is 17.4 Å². The minimum absolute atomic E-state index is 0.0649. The summed E-state index contributed by atoms with van der Waals surface area (Å²) >= 11 is 0. The molecule has 1 atom stereocenters. The van der Waals surface area contributed by atoms with E-state index < -0.39 is 21.9 Å². The molecule has 1 N–H and O–H groups in total. The van der Waals surface area contributed by atoms with Crippen LogP contribution in [0.2, 0.25) is 0 Å². The molecule has 1 unspecified atom stereocenters.